The molecular formula is C14H17FN2O2. The number of halogens is 1. The van der Waals surface area contributed by atoms with Crippen molar-refractivity contribution in [2.75, 3.05) is 6.61 Å². The van der Waals surface area contributed by atoms with E-state index < -0.39 is 11.9 Å². The minimum atomic E-state index is -0.682. The first kappa shape index (κ1) is 13.5. The van der Waals surface area contributed by atoms with E-state index in [-0.39, 0.29) is 5.75 Å². The van der Waals surface area contributed by atoms with Crippen LogP contribution in [-0.4, -0.2) is 21.5 Å². The Hall–Kier alpha value is -1.88. The van der Waals surface area contributed by atoms with Gasteiger partial charge in [0.25, 0.3) is 0 Å². The van der Waals surface area contributed by atoms with Crippen molar-refractivity contribution < 1.29 is 14.2 Å². The van der Waals surface area contributed by atoms with Gasteiger partial charge in [0.2, 0.25) is 0 Å². The maximum absolute atomic E-state index is 13.7. The lowest BCUT2D eigenvalue weighted by molar-refractivity contribution is 0.198. The van der Waals surface area contributed by atoms with E-state index in [1.54, 1.807) is 29.9 Å². The first-order valence-corrected chi connectivity index (χ1v) is 6.15. The Kier molecular flexibility index (Phi) is 4.16. The van der Waals surface area contributed by atoms with Crippen LogP contribution in [0, 0.1) is 5.82 Å². The summed E-state index contributed by atoms with van der Waals surface area (Å²) >= 11 is 0. The molecule has 19 heavy (non-hydrogen) atoms. The van der Waals surface area contributed by atoms with Crippen molar-refractivity contribution >= 4 is 0 Å². The van der Waals surface area contributed by atoms with E-state index in [4.69, 9.17) is 4.74 Å². The quantitative estimate of drug-likeness (QED) is 0.901. The van der Waals surface area contributed by atoms with Gasteiger partial charge in [-0.1, -0.05) is 6.07 Å². The minimum Gasteiger partial charge on any atom is -0.490 e. The lowest BCUT2D eigenvalue weighted by Gasteiger charge is -2.10. The van der Waals surface area contributed by atoms with E-state index in [2.05, 4.69) is 5.10 Å². The summed E-state index contributed by atoms with van der Waals surface area (Å²) in [6, 6.07) is 6.40. The Bertz CT molecular complexity index is 552. The summed E-state index contributed by atoms with van der Waals surface area (Å²) in [6.07, 6.45) is 1.69. The highest BCUT2D eigenvalue weighted by atomic mass is 19.1. The normalized spacial score (nSPS) is 12.4. The standard InChI is InChI=1S/C14H17FN2O2/c1-10(18)11-3-4-14(13(15)9-11)19-8-6-12-5-7-16-17(12)2/h3-5,7,9-10,18H,6,8H2,1-2H3/t10-/m1/s1. The van der Waals surface area contributed by atoms with Crippen LogP contribution in [0.3, 0.4) is 0 Å². The van der Waals surface area contributed by atoms with E-state index in [1.807, 2.05) is 13.1 Å². The molecule has 0 bridgehead atoms. The van der Waals surface area contributed by atoms with Gasteiger partial charge in [0.05, 0.1) is 12.7 Å². The average molecular weight is 264 g/mol. The fourth-order valence-electron chi connectivity index (χ4n) is 1.81. The molecule has 0 aliphatic rings. The summed E-state index contributed by atoms with van der Waals surface area (Å²) in [4.78, 5) is 0. The van der Waals surface area contributed by atoms with Gasteiger partial charge in [-0.2, -0.15) is 5.10 Å². The van der Waals surface area contributed by atoms with Gasteiger partial charge < -0.3 is 9.84 Å². The summed E-state index contributed by atoms with van der Waals surface area (Å²) in [5.41, 5.74) is 1.57. The van der Waals surface area contributed by atoms with Gasteiger partial charge in [0.15, 0.2) is 11.6 Å². The Balaban J connectivity index is 1.95. The van der Waals surface area contributed by atoms with Crippen LogP contribution in [0.25, 0.3) is 0 Å². The maximum atomic E-state index is 13.7. The van der Waals surface area contributed by atoms with Crippen LogP contribution < -0.4 is 4.74 Å². The molecule has 2 aromatic rings. The van der Waals surface area contributed by atoms with Crippen molar-refractivity contribution in [1.82, 2.24) is 9.78 Å². The fourth-order valence-corrected chi connectivity index (χ4v) is 1.81. The molecule has 1 atom stereocenters. The monoisotopic (exact) mass is 264 g/mol. The van der Waals surface area contributed by atoms with Crippen LogP contribution in [0.4, 0.5) is 4.39 Å². The van der Waals surface area contributed by atoms with Crippen molar-refractivity contribution in [2.24, 2.45) is 7.05 Å². The predicted molar refractivity (Wildman–Crippen MR) is 69.4 cm³/mol. The second-order valence-electron chi connectivity index (χ2n) is 4.41. The maximum Gasteiger partial charge on any atom is 0.165 e. The molecule has 102 valence electrons. The van der Waals surface area contributed by atoms with Gasteiger partial charge in [-0.05, 0) is 30.7 Å². The molecule has 0 spiro atoms. The molecular weight excluding hydrogens is 247 g/mol. The lowest BCUT2D eigenvalue weighted by atomic mass is 10.1. The van der Waals surface area contributed by atoms with E-state index in [0.717, 1.165) is 5.69 Å². The Labute approximate surface area is 111 Å². The molecule has 0 saturated carbocycles. The second kappa shape index (κ2) is 5.84. The van der Waals surface area contributed by atoms with Gasteiger partial charge in [-0.25, -0.2) is 4.39 Å². The molecule has 1 N–H and O–H groups in total. The number of aliphatic hydroxyl groups excluding tert-OH is 1. The number of aryl methyl sites for hydroxylation is 1. The van der Waals surface area contributed by atoms with Crippen LogP contribution in [-0.2, 0) is 13.5 Å². The van der Waals surface area contributed by atoms with Crippen molar-refractivity contribution in [1.29, 1.82) is 0 Å². The van der Waals surface area contributed by atoms with E-state index >= 15 is 0 Å². The molecule has 0 aliphatic heterocycles. The van der Waals surface area contributed by atoms with E-state index in [9.17, 15) is 9.50 Å². The first-order valence-electron chi connectivity index (χ1n) is 6.15. The number of benzene rings is 1. The van der Waals surface area contributed by atoms with Crippen molar-refractivity contribution in [2.45, 2.75) is 19.4 Å². The Morgan fingerprint density at radius 2 is 2.21 bits per heavy atom. The molecule has 0 radical (unpaired) electrons. The molecule has 0 unspecified atom stereocenters. The molecule has 1 aromatic heterocycles. The van der Waals surface area contributed by atoms with Crippen molar-refractivity contribution in [3.05, 3.63) is 47.5 Å². The first-order chi connectivity index (χ1) is 9.08. The Morgan fingerprint density at radius 1 is 1.42 bits per heavy atom. The van der Waals surface area contributed by atoms with Crippen LogP contribution >= 0.6 is 0 Å². The van der Waals surface area contributed by atoms with Crippen LogP contribution in [0.15, 0.2) is 30.5 Å². The number of aliphatic hydroxyl groups is 1. The zero-order chi connectivity index (χ0) is 13.8. The van der Waals surface area contributed by atoms with Gasteiger partial charge in [0, 0.05) is 25.4 Å². The van der Waals surface area contributed by atoms with Gasteiger partial charge in [0.1, 0.15) is 0 Å². The van der Waals surface area contributed by atoms with Crippen LogP contribution in [0.5, 0.6) is 5.75 Å². The third-order valence-electron chi connectivity index (χ3n) is 2.98. The highest BCUT2D eigenvalue weighted by Gasteiger charge is 2.08. The summed E-state index contributed by atoms with van der Waals surface area (Å²) in [5.74, 6) is -0.255. The second-order valence-corrected chi connectivity index (χ2v) is 4.41. The number of aromatic nitrogens is 2. The smallest absolute Gasteiger partial charge is 0.165 e. The number of hydrogen-bond acceptors (Lipinski definition) is 3. The zero-order valence-corrected chi connectivity index (χ0v) is 11.0. The summed E-state index contributed by atoms with van der Waals surface area (Å²) in [7, 11) is 1.85. The number of hydrogen-bond donors (Lipinski definition) is 1. The molecule has 0 fully saturated rings. The SMILES string of the molecule is C[C@@H](O)c1ccc(OCCc2ccnn2C)c(F)c1. The lowest BCUT2D eigenvalue weighted by Crippen LogP contribution is -2.07. The topological polar surface area (TPSA) is 47.3 Å². The van der Waals surface area contributed by atoms with Crippen molar-refractivity contribution in [3.8, 4) is 5.75 Å². The molecule has 5 heteroatoms. The highest BCUT2D eigenvalue weighted by Crippen LogP contribution is 2.22. The van der Waals surface area contributed by atoms with Crippen LogP contribution in [0.1, 0.15) is 24.3 Å². The van der Waals surface area contributed by atoms with Crippen molar-refractivity contribution in [3.63, 3.8) is 0 Å². The summed E-state index contributed by atoms with van der Waals surface area (Å²) < 4.78 is 20.9. The molecule has 1 aromatic carbocycles. The number of ether oxygens (including phenoxy) is 1. The van der Waals surface area contributed by atoms with Gasteiger partial charge in [-0.3, -0.25) is 4.68 Å². The third-order valence-corrected chi connectivity index (χ3v) is 2.98. The minimum absolute atomic E-state index is 0.201. The number of rotatable bonds is 5. The fraction of sp³-hybridized carbons (Fsp3) is 0.357. The Morgan fingerprint density at radius 3 is 2.79 bits per heavy atom. The molecule has 0 saturated heterocycles. The molecule has 2 rings (SSSR count). The van der Waals surface area contributed by atoms with E-state index in [0.29, 0.717) is 18.6 Å². The zero-order valence-electron chi connectivity index (χ0n) is 11.0. The molecule has 1 heterocycles. The van der Waals surface area contributed by atoms with Gasteiger partial charge in [-0.15, -0.1) is 0 Å². The largest absolute Gasteiger partial charge is 0.490 e. The highest BCUT2D eigenvalue weighted by molar-refractivity contribution is 5.30. The molecule has 0 amide bonds. The number of nitrogens with zero attached hydrogens (tertiary/aromatic N) is 2. The predicted octanol–water partition coefficient (Wildman–Crippen LogP) is 2.23. The third kappa shape index (κ3) is 3.32. The molecule has 0 aliphatic carbocycles. The van der Waals surface area contributed by atoms with E-state index in [1.165, 1.54) is 6.07 Å². The summed E-state index contributed by atoms with van der Waals surface area (Å²) in [6.45, 7) is 1.97. The molecule has 4 nitrogen and oxygen atoms in total. The van der Waals surface area contributed by atoms with Crippen LogP contribution in [0.2, 0.25) is 0 Å². The summed E-state index contributed by atoms with van der Waals surface area (Å²) in [5, 5.41) is 13.4. The van der Waals surface area contributed by atoms with Gasteiger partial charge >= 0.3 is 0 Å². The average Bonchev–Trinajstić information content (AvgIpc) is 2.77.